The van der Waals surface area contributed by atoms with E-state index in [-0.39, 0.29) is 6.16 Å². The van der Waals surface area contributed by atoms with Crippen LogP contribution in [0.25, 0.3) is 22.3 Å². The molecule has 0 saturated carbocycles. The maximum absolute atomic E-state index is 11.0. The highest BCUT2D eigenvalue weighted by Gasteiger charge is 2.15. The Bertz CT molecular complexity index is 901. The molecule has 0 unspecified atom stereocenters. The number of aryl methyl sites for hydroxylation is 2. The Balaban J connectivity index is 1.72. The quantitative estimate of drug-likeness (QED) is 0.518. The van der Waals surface area contributed by atoms with Crippen LogP contribution in [0.2, 0.25) is 0 Å². The van der Waals surface area contributed by atoms with E-state index >= 15 is 0 Å². The van der Waals surface area contributed by atoms with Crippen molar-refractivity contribution in [3.63, 3.8) is 0 Å². The number of aromatic nitrogens is 2. The zero-order valence-electron chi connectivity index (χ0n) is 14.7. The highest BCUT2D eigenvalue weighted by atomic mass is 31.2. The van der Waals surface area contributed by atoms with Gasteiger partial charge in [-0.1, -0.05) is 24.3 Å². The molecule has 5 nitrogen and oxygen atoms in total. The van der Waals surface area contributed by atoms with E-state index in [0.717, 1.165) is 17.7 Å². The van der Waals surface area contributed by atoms with Crippen molar-refractivity contribution in [1.82, 2.24) is 0 Å². The first-order valence-corrected chi connectivity index (χ1v) is 10.4. The molecular weight excluding hydrogens is 347 g/mol. The molecule has 0 bridgehead atoms. The minimum Gasteiger partial charge on any atom is -0.324 e. The summed E-state index contributed by atoms with van der Waals surface area (Å²) in [7, 11) is -3.96. The molecule has 0 radical (unpaired) electrons. The molecule has 0 amide bonds. The topological polar surface area (TPSA) is 65.3 Å². The standard InChI is InChI=1S/C20H21N2O3P/c1-2-21-11-7-19(8-12-21)17-3-5-18(6-4-17)20-9-13-22(14-10-20)15-16-26(23,24)25/h3-14H,2,15-16H2,1H3/p+2. The summed E-state index contributed by atoms with van der Waals surface area (Å²) in [6.07, 6.45) is 7.70. The van der Waals surface area contributed by atoms with Gasteiger partial charge in [-0.25, -0.2) is 9.13 Å². The van der Waals surface area contributed by atoms with Crippen molar-refractivity contribution >= 4 is 7.60 Å². The number of nitrogens with zero attached hydrogens (tertiary/aromatic N) is 2. The van der Waals surface area contributed by atoms with Gasteiger partial charge in [0.25, 0.3) is 0 Å². The maximum Gasteiger partial charge on any atom is 0.331 e. The number of benzene rings is 1. The lowest BCUT2D eigenvalue weighted by molar-refractivity contribution is -0.693. The average Bonchev–Trinajstić information content (AvgIpc) is 2.66. The van der Waals surface area contributed by atoms with Gasteiger partial charge in [-0.3, -0.25) is 4.57 Å². The normalized spacial score (nSPS) is 11.5. The van der Waals surface area contributed by atoms with Crippen molar-refractivity contribution < 1.29 is 23.5 Å². The van der Waals surface area contributed by atoms with Gasteiger partial charge in [-0.15, -0.1) is 0 Å². The molecule has 0 fully saturated rings. The summed E-state index contributed by atoms with van der Waals surface area (Å²) in [6.45, 7) is 3.38. The van der Waals surface area contributed by atoms with Crippen LogP contribution < -0.4 is 9.13 Å². The average molecular weight is 370 g/mol. The fourth-order valence-corrected chi connectivity index (χ4v) is 3.25. The smallest absolute Gasteiger partial charge is 0.324 e. The first-order chi connectivity index (χ1) is 12.4. The molecule has 1 aromatic carbocycles. The van der Waals surface area contributed by atoms with Crippen LogP contribution in [0.3, 0.4) is 0 Å². The Morgan fingerprint density at radius 2 is 1.12 bits per heavy atom. The van der Waals surface area contributed by atoms with Crippen LogP contribution in [0.1, 0.15) is 6.92 Å². The van der Waals surface area contributed by atoms with E-state index in [9.17, 15) is 4.57 Å². The van der Waals surface area contributed by atoms with E-state index in [0.29, 0.717) is 6.54 Å². The Kier molecular flexibility index (Phi) is 5.62. The van der Waals surface area contributed by atoms with Crippen LogP contribution >= 0.6 is 7.60 Å². The molecule has 0 atom stereocenters. The Hall–Kier alpha value is -2.33. The van der Waals surface area contributed by atoms with Gasteiger partial charge in [0.15, 0.2) is 31.3 Å². The van der Waals surface area contributed by atoms with E-state index < -0.39 is 7.60 Å². The molecule has 0 aliphatic rings. The van der Waals surface area contributed by atoms with Crippen molar-refractivity contribution in [2.24, 2.45) is 0 Å². The summed E-state index contributed by atoms with van der Waals surface area (Å²) in [5.74, 6) is 0. The molecule has 0 spiro atoms. The maximum atomic E-state index is 11.0. The molecule has 0 aliphatic carbocycles. The number of pyridine rings is 2. The highest BCUT2D eigenvalue weighted by molar-refractivity contribution is 7.51. The third kappa shape index (κ3) is 4.85. The molecule has 3 aromatic rings. The number of hydrogen-bond acceptors (Lipinski definition) is 1. The predicted octanol–water partition coefficient (Wildman–Crippen LogP) is 2.79. The van der Waals surface area contributed by atoms with Gasteiger partial charge in [-0.05, 0) is 29.2 Å². The second kappa shape index (κ2) is 7.92. The summed E-state index contributed by atoms with van der Waals surface area (Å²) >= 11 is 0. The zero-order valence-corrected chi connectivity index (χ0v) is 15.6. The van der Waals surface area contributed by atoms with Gasteiger partial charge in [0.1, 0.15) is 12.7 Å². The molecular formula is C20H23N2O3P+2. The number of hydrogen-bond donors (Lipinski definition) is 2. The first-order valence-electron chi connectivity index (χ1n) is 8.58. The van der Waals surface area contributed by atoms with E-state index in [1.54, 1.807) is 4.57 Å². The van der Waals surface area contributed by atoms with E-state index in [4.69, 9.17) is 9.79 Å². The van der Waals surface area contributed by atoms with Crippen LogP contribution in [-0.4, -0.2) is 15.9 Å². The van der Waals surface area contributed by atoms with Gasteiger partial charge in [0.2, 0.25) is 0 Å². The van der Waals surface area contributed by atoms with Crippen LogP contribution in [0.15, 0.2) is 73.3 Å². The van der Waals surface area contributed by atoms with Gasteiger partial charge in [-0.2, -0.15) is 0 Å². The minimum atomic E-state index is -3.96. The molecule has 0 aliphatic heterocycles. The molecule has 2 heterocycles. The summed E-state index contributed by atoms with van der Waals surface area (Å²) in [6, 6.07) is 16.5. The lowest BCUT2D eigenvalue weighted by atomic mass is 10.0. The lowest BCUT2D eigenvalue weighted by Gasteiger charge is -2.05. The fraction of sp³-hybridized carbons (Fsp3) is 0.200. The third-order valence-electron chi connectivity index (χ3n) is 4.35. The second-order valence-electron chi connectivity index (χ2n) is 6.21. The largest absolute Gasteiger partial charge is 0.331 e. The van der Waals surface area contributed by atoms with Crippen LogP contribution in [-0.2, 0) is 17.7 Å². The van der Waals surface area contributed by atoms with Gasteiger partial charge in [0.05, 0.1) is 0 Å². The van der Waals surface area contributed by atoms with Crippen LogP contribution in [0.5, 0.6) is 0 Å². The van der Waals surface area contributed by atoms with Crippen molar-refractivity contribution in [2.75, 3.05) is 6.16 Å². The SMILES string of the molecule is CC[n+]1ccc(-c2ccc(-c3cc[n+](CCP(=O)(O)O)cc3)cc2)cc1. The van der Waals surface area contributed by atoms with Crippen LogP contribution in [0.4, 0.5) is 0 Å². The summed E-state index contributed by atoms with van der Waals surface area (Å²) in [5.41, 5.74) is 4.53. The summed E-state index contributed by atoms with van der Waals surface area (Å²) in [4.78, 5) is 17.9. The monoisotopic (exact) mass is 370 g/mol. The molecule has 134 valence electrons. The van der Waals surface area contributed by atoms with Crippen LogP contribution in [0, 0.1) is 0 Å². The predicted molar refractivity (Wildman–Crippen MR) is 100 cm³/mol. The molecule has 0 saturated heterocycles. The van der Waals surface area contributed by atoms with Gasteiger partial charge >= 0.3 is 7.60 Å². The Morgan fingerprint density at radius 1 is 0.731 bits per heavy atom. The number of rotatable bonds is 6. The minimum absolute atomic E-state index is 0.152. The Morgan fingerprint density at radius 3 is 1.50 bits per heavy atom. The molecule has 26 heavy (non-hydrogen) atoms. The Labute approximate surface area is 153 Å². The van der Waals surface area contributed by atoms with Crippen molar-refractivity contribution in [1.29, 1.82) is 0 Å². The fourth-order valence-electron chi connectivity index (χ4n) is 2.76. The van der Waals surface area contributed by atoms with Crippen molar-refractivity contribution in [3.05, 3.63) is 73.3 Å². The van der Waals surface area contributed by atoms with E-state index in [1.165, 1.54) is 11.1 Å². The molecule has 3 rings (SSSR count). The molecule has 2 aromatic heterocycles. The van der Waals surface area contributed by atoms with Gasteiger partial charge in [0, 0.05) is 24.3 Å². The van der Waals surface area contributed by atoms with Gasteiger partial charge < -0.3 is 9.79 Å². The van der Waals surface area contributed by atoms with E-state index in [2.05, 4.69) is 60.3 Å². The zero-order chi connectivity index (χ0) is 18.6. The van der Waals surface area contributed by atoms with E-state index in [1.807, 2.05) is 24.5 Å². The summed E-state index contributed by atoms with van der Waals surface area (Å²) in [5, 5.41) is 0. The lowest BCUT2D eigenvalue weighted by Crippen LogP contribution is -2.34. The highest BCUT2D eigenvalue weighted by Crippen LogP contribution is 2.33. The second-order valence-corrected chi connectivity index (χ2v) is 7.98. The summed E-state index contributed by atoms with van der Waals surface area (Å²) < 4.78 is 14.9. The van der Waals surface area contributed by atoms with Crippen molar-refractivity contribution in [3.8, 4) is 22.3 Å². The third-order valence-corrected chi connectivity index (χ3v) is 5.13. The first kappa shape index (κ1) is 18.5. The van der Waals surface area contributed by atoms with Crippen molar-refractivity contribution in [2.45, 2.75) is 20.0 Å². The molecule has 6 heteroatoms. The molecule has 2 N–H and O–H groups in total.